The van der Waals surface area contributed by atoms with Gasteiger partial charge in [-0.25, -0.2) is 9.79 Å². The summed E-state index contributed by atoms with van der Waals surface area (Å²) in [6, 6.07) is 9.50. The molecule has 0 bridgehead atoms. The summed E-state index contributed by atoms with van der Waals surface area (Å²) in [7, 11) is 2.08. The molecule has 0 aromatic heterocycles. The Labute approximate surface area is 200 Å². The second-order valence-corrected chi connectivity index (χ2v) is 10.5. The third-order valence-corrected chi connectivity index (χ3v) is 6.81. The van der Waals surface area contributed by atoms with Crippen molar-refractivity contribution in [2.75, 3.05) is 33.2 Å². The van der Waals surface area contributed by atoms with E-state index in [0.717, 1.165) is 42.6 Å². The summed E-state index contributed by atoms with van der Waals surface area (Å²) in [6.45, 7) is 10.7. The number of carbonyl (C=O) groups is 2. The summed E-state index contributed by atoms with van der Waals surface area (Å²) in [6.07, 6.45) is 0.277. The van der Waals surface area contributed by atoms with Gasteiger partial charge >= 0.3 is 5.97 Å². The lowest BCUT2D eigenvalue weighted by atomic mass is 9.93. The van der Waals surface area contributed by atoms with Crippen molar-refractivity contribution in [1.29, 1.82) is 0 Å². The first-order chi connectivity index (χ1) is 15.6. The molecule has 4 rings (SSSR count). The number of amides is 1. The van der Waals surface area contributed by atoms with Gasteiger partial charge in [-0.15, -0.1) is 0 Å². The number of hydrogen-bond donors (Lipinski definition) is 0. The van der Waals surface area contributed by atoms with Crippen molar-refractivity contribution < 1.29 is 14.3 Å². The summed E-state index contributed by atoms with van der Waals surface area (Å²) in [4.78, 5) is 37.4. The van der Waals surface area contributed by atoms with Crippen molar-refractivity contribution in [3.63, 3.8) is 0 Å². The zero-order chi connectivity index (χ0) is 23.8. The Balaban J connectivity index is 1.65. The number of thioether (sulfide) groups is 1. The van der Waals surface area contributed by atoms with Gasteiger partial charge in [0.25, 0.3) is 0 Å². The van der Waals surface area contributed by atoms with Gasteiger partial charge in [0.15, 0.2) is 5.17 Å². The number of benzene rings is 1. The molecule has 8 heteroatoms. The minimum Gasteiger partial charge on any atom is -0.456 e. The maximum absolute atomic E-state index is 13.3. The molecule has 0 aliphatic carbocycles. The first kappa shape index (κ1) is 23.6. The molecule has 3 aliphatic rings. The second-order valence-electron chi connectivity index (χ2n) is 9.67. The third kappa shape index (κ3) is 5.17. The number of hydrogen-bond acceptors (Lipinski definition) is 7. The number of piperazine rings is 1. The van der Waals surface area contributed by atoms with E-state index in [2.05, 4.69) is 11.9 Å². The minimum atomic E-state index is -0.620. The number of esters is 1. The topological polar surface area (TPSA) is 65.5 Å². The smallest absolute Gasteiger partial charge is 0.338 e. The monoisotopic (exact) mass is 468 g/mol. The first-order valence-electron chi connectivity index (χ1n) is 11.3. The number of fused-ring (bicyclic) bond motifs is 1. The molecule has 1 unspecified atom stereocenters. The van der Waals surface area contributed by atoms with Crippen LogP contribution < -0.4 is 0 Å². The van der Waals surface area contributed by atoms with E-state index in [1.807, 2.05) is 73.2 Å². The number of amidine groups is 1. The summed E-state index contributed by atoms with van der Waals surface area (Å²) in [5, 5.41) is 2.78. The number of allylic oxidation sites excluding steroid dienone is 1. The van der Waals surface area contributed by atoms with Gasteiger partial charge in [-0.3, -0.25) is 4.79 Å². The van der Waals surface area contributed by atoms with Crippen LogP contribution in [0.2, 0.25) is 0 Å². The lowest BCUT2D eigenvalue weighted by Crippen LogP contribution is -2.47. The van der Waals surface area contributed by atoms with Crippen LogP contribution in [0.25, 0.3) is 0 Å². The molecule has 7 nitrogen and oxygen atoms in total. The highest BCUT2D eigenvalue weighted by Gasteiger charge is 2.42. The van der Waals surface area contributed by atoms with Gasteiger partial charge in [-0.1, -0.05) is 42.1 Å². The van der Waals surface area contributed by atoms with Gasteiger partial charge in [0.05, 0.1) is 23.7 Å². The summed E-state index contributed by atoms with van der Waals surface area (Å²) >= 11 is 1.50. The third-order valence-electron chi connectivity index (χ3n) is 5.92. The highest BCUT2D eigenvalue weighted by Crippen LogP contribution is 2.45. The predicted molar refractivity (Wildman–Crippen MR) is 131 cm³/mol. The summed E-state index contributed by atoms with van der Waals surface area (Å²) < 4.78 is 5.77. The molecule has 1 saturated heterocycles. The van der Waals surface area contributed by atoms with Crippen LogP contribution in [0.15, 0.2) is 57.7 Å². The molecular weight excluding hydrogens is 436 g/mol. The molecule has 176 valence electrons. The van der Waals surface area contributed by atoms with Crippen LogP contribution in [-0.4, -0.2) is 70.6 Å². The molecule has 33 heavy (non-hydrogen) atoms. The molecule has 0 radical (unpaired) electrons. The zero-order valence-corrected chi connectivity index (χ0v) is 20.8. The lowest BCUT2D eigenvalue weighted by Gasteiger charge is -2.38. The number of carbonyl (C=O) groups excluding carboxylic acids is 2. The molecule has 1 aromatic carbocycles. The Morgan fingerprint density at radius 2 is 1.79 bits per heavy atom. The normalized spacial score (nSPS) is 21.5. The number of aliphatic imine (C=N–C) groups is 1. The number of likely N-dealkylation sites (N-methyl/N-ethyl adjacent to an activating group) is 1. The number of ether oxygens (including phenoxy) is 1. The maximum atomic E-state index is 13.3. The maximum Gasteiger partial charge on any atom is 0.338 e. The van der Waals surface area contributed by atoms with Gasteiger partial charge < -0.3 is 19.4 Å². The van der Waals surface area contributed by atoms with Crippen LogP contribution in [0.1, 0.15) is 45.7 Å². The largest absolute Gasteiger partial charge is 0.456 e. The quantitative estimate of drug-likeness (QED) is 0.627. The first-order valence-corrected chi connectivity index (χ1v) is 12.2. The molecular formula is C25H32N4O3S. The highest BCUT2D eigenvalue weighted by atomic mass is 32.2. The molecule has 1 amide bonds. The molecule has 0 N–H and O–H groups in total. The van der Waals surface area contributed by atoms with Gasteiger partial charge in [0.1, 0.15) is 5.60 Å². The number of rotatable bonds is 4. The molecule has 0 saturated carbocycles. The Morgan fingerprint density at radius 3 is 2.42 bits per heavy atom. The highest BCUT2D eigenvalue weighted by molar-refractivity contribution is 8.16. The van der Waals surface area contributed by atoms with E-state index in [0.29, 0.717) is 11.3 Å². The molecule has 1 aromatic rings. The van der Waals surface area contributed by atoms with Crippen LogP contribution in [0.5, 0.6) is 0 Å². The molecule has 3 aliphatic heterocycles. The van der Waals surface area contributed by atoms with Crippen LogP contribution in [0.4, 0.5) is 0 Å². The minimum absolute atomic E-state index is 0.105. The lowest BCUT2D eigenvalue weighted by molar-refractivity contribution is -0.150. The summed E-state index contributed by atoms with van der Waals surface area (Å²) in [5.74, 6) is -0.272. The van der Waals surface area contributed by atoms with E-state index < -0.39 is 11.6 Å². The summed E-state index contributed by atoms with van der Waals surface area (Å²) in [5.41, 5.74) is 2.37. The Morgan fingerprint density at radius 1 is 1.12 bits per heavy atom. The number of nitrogens with zero attached hydrogens (tertiary/aromatic N) is 4. The average molecular weight is 469 g/mol. The van der Waals surface area contributed by atoms with E-state index in [1.54, 1.807) is 0 Å². The van der Waals surface area contributed by atoms with Crippen LogP contribution >= 0.6 is 11.8 Å². The van der Waals surface area contributed by atoms with Crippen molar-refractivity contribution in [3.8, 4) is 0 Å². The second kappa shape index (κ2) is 9.35. The zero-order valence-electron chi connectivity index (χ0n) is 20.0. The fourth-order valence-corrected chi connectivity index (χ4v) is 5.20. The van der Waals surface area contributed by atoms with Crippen molar-refractivity contribution >= 4 is 28.8 Å². The molecule has 0 spiro atoms. The van der Waals surface area contributed by atoms with Crippen molar-refractivity contribution in [2.24, 2.45) is 4.99 Å². The van der Waals surface area contributed by atoms with Gasteiger partial charge in [-0.2, -0.15) is 0 Å². The van der Waals surface area contributed by atoms with E-state index >= 15 is 0 Å². The van der Waals surface area contributed by atoms with E-state index in [1.165, 1.54) is 11.8 Å². The Kier molecular flexibility index (Phi) is 6.68. The average Bonchev–Trinajstić information content (AvgIpc) is 3.14. The standard InChI is InChI=1S/C25H32N4O3S/c1-17-21(23(31)32-25(2,3)4)22(18-9-7-6-8-10-18)29-19(16-33-24(29)26-17)15-20(30)28-13-11-27(5)12-14-28/h6-10,16,22H,11-15H2,1-5H3. The Hall–Kier alpha value is -2.58. The van der Waals surface area contributed by atoms with Crippen molar-refractivity contribution in [2.45, 2.75) is 45.8 Å². The van der Waals surface area contributed by atoms with Gasteiger partial charge in [-0.05, 0) is 45.7 Å². The Bertz CT molecular complexity index is 1020. The van der Waals surface area contributed by atoms with Crippen molar-refractivity contribution in [3.05, 3.63) is 58.3 Å². The molecule has 3 heterocycles. The van der Waals surface area contributed by atoms with Gasteiger partial charge in [0, 0.05) is 31.9 Å². The molecule has 1 atom stereocenters. The van der Waals surface area contributed by atoms with Crippen LogP contribution in [0, 0.1) is 0 Å². The SMILES string of the molecule is CC1=C(C(=O)OC(C)(C)C)C(c2ccccc2)N2C(CC(=O)N3CCN(C)CC3)=CSC2=N1. The van der Waals surface area contributed by atoms with Crippen molar-refractivity contribution in [1.82, 2.24) is 14.7 Å². The van der Waals surface area contributed by atoms with E-state index in [-0.39, 0.29) is 18.3 Å². The van der Waals surface area contributed by atoms with Gasteiger partial charge in [0.2, 0.25) is 5.91 Å². The fraction of sp³-hybridized carbons (Fsp3) is 0.480. The van der Waals surface area contributed by atoms with Crippen LogP contribution in [0.3, 0.4) is 0 Å². The van der Waals surface area contributed by atoms with E-state index in [9.17, 15) is 9.59 Å². The fourth-order valence-electron chi connectivity index (χ4n) is 4.24. The predicted octanol–water partition coefficient (Wildman–Crippen LogP) is 3.77. The van der Waals surface area contributed by atoms with E-state index in [4.69, 9.17) is 9.73 Å². The molecule has 1 fully saturated rings. The van der Waals surface area contributed by atoms with Crippen LogP contribution in [-0.2, 0) is 14.3 Å².